The standard InChI is InChI=1S/C12H24N2O3/c1-6-7-8(2)14(5)12(17)13-10(4)9(3)11(15)16/h8-10H,6-7H2,1-5H3,(H,13,17)(H,15,16). The van der Waals surface area contributed by atoms with Gasteiger partial charge in [-0.15, -0.1) is 0 Å². The molecule has 0 aromatic heterocycles. The maximum absolute atomic E-state index is 11.8. The maximum Gasteiger partial charge on any atom is 0.317 e. The van der Waals surface area contributed by atoms with Crippen LogP contribution in [0.15, 0.2) is 0 Å². The van der Waals surface area contributed by atoms with E-state index in [1.54, 1.807) is 25.8 Å². The number of urea groups is 1. The normalized spacial score (nSPS) is 15.8. The highest BCUT2D eigenvalue weighted by atomic mass is 16.4. The van der Waals surface area contributed by atoms with Crippen molar-refractivity contribution in [2.24, 2.45) is 5.92 Å². The lowest BCUT2D eigenvalue weighted by atomic mass is 10.0. The Kier molecular flexibility index (Phi) is 6.61. The molecule has 0 bridgehead atoms. The summed E-state index contributed by atoms with van der Waals surface area (Å²) in [5, 5.41) is 11.5. The molecule has 0 radical (unpaired) electrons. The van der Waals surface area contributed by atoms with Crippen LogP contribution in [0.25, 0.3) is 0 Å². The summed E-state index contributed by atoms with van der Waals surface area (Å²) in [5.74, 6) is -1.49. The third-order valence-corrected chi connectivity index (χ3v) is 3.18. The Balaban J connectivity index is 4.29. The summed E-state index contributed by atoms with van der Waals surface area (Å²) in [6, 6.07) is -0.435. The third-order valence-electron chi connectivity index (χ3n) is 3.18. The molecule has 2 N–H and O–H groups in total. The monoisotopic (exact) mass is 244 g/mol. The lowest BCUT2D eigenvalue weighted by molar-refractivity contribution is -0.141. The molecule has 0 aliphatic heterocycles. The number of carbonyl (C=O) groups excluding carboxylic acids is 1. The SMILES string of the molecule is CCCC(C)N(C)C(=O)NC(C)C(C)C(=O)O. The summed E-state index contributed by atoms with van der Waals surface area (Å²) in [5.41, 5.74) is 0. The average Bonchev–Trinajstić information content (AvgIpc) is 2.26. The molecule has 0 heterocycles. The fourth-order valence-electron chi connectivity index (χ4n) is 1.45. The highest BCUT2D eigenvalue weighted by Gasteiger charge is 2.23. The van der Waals surface area contributed by atoms with Gasteiger partial charge in [0.1, 0.15) is 0 Å². The van der Waals surface area contributed by atoms with Crippen molar-refractivity contribution in [3.8, 4) is 0 Å². The van der Waals surface area contributed by atoms with Gasteiger partial charge in [0.25, 0.3) is 0 Å². The molecule has 0 saturated heterocycles. The molecule has 17 heavy (non-hydrogen) atoms. The van der Waals surface area contributed by atoms with Gasteiger partial charge in [-0.25, -0.2) is 4.79 Å². The Labute approximate surface area is 103 Å². The molecule has 2 amide bonds. The van der Waals surface area contributed by atoms with Crippen molar-refractivity contribution in [2.75, 3.05) is 7.05 Å². The minimum atomic E-state index is -0.901. The number of aliphatic carboxylic acids is 1. The van der Waals surface area contributed by atoms with E-state index in [9.17, 15) is 9.59 Å². The van der Waals surface area contributed by atoms with Crippen LogP contribution in [0.3, 0.4) is 0 Å². The van der Waals surface area contributed by atoms with Gasteiger partial charge < -0.3 is 15.3 Å². The number of carbonyl (C=O) groups is 2. The molecule has 100 valence electrons. The van der Waals surface area contributed by atoms with Gasteiger partial charge in [0.2, 0.25) is 0 Å². The number of amides is 2. The molecule has 0 aliphatic carbocycles. The van der Waals surface area contributed by atoms with Crippen LogP contribution in [-0.4, -0.2) is 41.1 Å². The van der Waals surface area contributed by atoms with Crippen molar-refractivity contribution in [1.82, 2.24) is 10.2 Å². The molecule has 0 aliphatic rings. The van der Waals surface area contributed by atoms with Crippen LogP contribution in [0.4, 0.5) is 4.79 Å². The number of nitrogens with one attached hydrogen (secondary N) is 1. The van der Waals surface area contributed by atoms with E-state index in [0.717, 1.165) is 12.8 Å². The Hall–Kier alpha value is -1.26. The zero-order chi connectivity index (χ0) is 13.6. The van der Waals surface area contributed by atoms with Gasteiger partial charge in [0.15, 0.2) is 0 Å². The summed E-state index contributed by atoms with van der Waals surface area (Å²) >= 11 is 0. The van der Waals surface area contributed by atoms with Crippen molar-refractivity contribution >= 4 is 12.0 Å². The second-order valence-corrected chi connectivity index (χ2v) is 4.61. The molecule has 5 nitrogen and oxygen atoms in total. The second-order valence-electron chi connectivity index (χ2n) is 4.61. The highest BCUT2D eigenvalue weighted by Crippen LogP contribution is 2.07. The van der Waals surface area contributed by atoms with Crippen LogP contribution >= 0.6 is 0 Å². The van der Waals surface area contributed by atoms with E-state index >= 15 is 0 Å². The quantitative estimate of drug-likeness (QED) is 0.750. The molecule has 0 aromatic rings. The molecule has 0 aromatic carbocycles. The van der Waals surface area contributed by atoms with E-state index in [4.69, 9.17) is 5.11 Å². The van der Waals surface area contributed by atoms with Crippen molar-refractivity contribution in [2.45, 2.75) is 52.6 Å². The topological polar surface area (TPSA) is 69.6 Å². The predicted molar refractivity (Wildman–Crippen MR) is 66.9 cm³/mol. The lowest BCUT2D eigenvalue weighted by Crippen LogP contribution is -2.48. The summed E-state index contributed by atoms with van der Waals surface area (Å²) < 4.78 is 0. The largest absolute Gasteiger partial charge is 0.481 e. The first-order valence-corrected chi connectivity index (χ1v) is 6.07. The first kappa shape index (κ1) is 15.7. The number of rotatable bonds is 6. The molecular weight excluding hydrogens is 220 g/mol. The zero-order valence-corrected chi connectivity index (χ0v) is 11.4. The molecule has 3 atom stereocenters. The van der Waals surface area contributed by atoms with Crippen LogP contribution in [-0.2, 0) is 4.79 Å². The van der Waals surface area contributed by atoms with Crippen LogP contribution in [0.2, 0.25) is 0 Å². The van der Waals surface area contributed by atoms with Gasteiger partial charge in [0.05, 0.1) is 5.92 Å². The molecule has 5 heteroatoms. The smallest absolute Gasteiger partial charge is 0.317 e. The first-order valence-electron chi connectivity index (χ1n) is 6.07. The highest BCUT2D eigenvalue weighted by molar-refractivity contribution is 5.76. The first-order chi connectivity index (χ1) is 7.81. The molecule has 3 unspecified atom stereocenters. The minimum absolute atomic E-state index is 0.160. The average molecular weight is 244 g/mol. The van der Waals surface area contributed by atoms with E-state index < -0.39 is 11.9 Å². The van der Waals surface area contributed by atoms with E-state index in [0.29, 0.717) is 0 Å². The minimum Gasteiger partial charge on any atom is -0.481 e. The van der Waals surface area contributed by atoms with E-state index in [1.165, 1.54) is 0 Å². The number of hydrogen-bond acceptors (Lipinski definition) is 2. The Morgan fingerprint density at radius 1 is 1.29 bits per heavy atom. The molecule has 0 saturated carbocycles. The van der Waals surface area contributed by atoms with Crippen molar-refractivity contribution in [1.29, 1.82) is 0 Å². The second kappa shape index (κ2) is 7.14. The summed E-state index contributed by atoms with van der Waals surface area (Å²) in [4.78, 5) is 24.2. The summed E-state index contributed by atoms with van der Waals surface area (Å²) in [6.45, 7) is 7.34. The predicted octanol–water partition coefficient (Wildman–Crippen LogP) is 1.93. The number of carboxylic acid groups (broad SMARTS) is 1. The Morgan fingerprint density at radius 3 is 2.24 bits per heavy atom. The fraction of sp³-hybridized carbons (Fsp3) is 0.833. The van der Waals surface area contributed by atoms with Gasteiger partial charge in [-0.2, -0.15) is 0 Å². The van der Waals surface area contributed by atoms with Crippen LogP contribution in [0.5, 0.6) is 0 Å². The Bertz CT molecular complexity index is 268. The van der Waals surface area contributed by atoms with E-state index in [1.807, 2.05) is 6.92 Å². The van der Waals surface area contributed by atoms with Gasteiger partial charge in [-0.1, -0.05) is 13.3 Å². The molecule has 0 fully saturated rings. The Morgan fingerprint density at radius 2 is 1.82 bits per heavy atom. The van der Waals surface area contributed by atoms with Gasteiger partial charge >= 0.3 is 12.0 Å². The van der Waals surface area contributed by atoms with Gasteiger partial charge in [-0.05, 0) is 27.2 Å². The number of carboxylic acids is 1. The van der Waals surface area contributed by atoms with E-state index in [2.05, 4.69) is 12.2 Å². The summed E-state index contributed by atoms with van der Waals surface area (Å²) in [7, 11) is 1.73. The van der Waals surface area contributed by atoms with Crippen LogP contribution in [0, 0.1) is 5.92 Å². The van der Waals surface area contributed by atoms with Crippen LogP contribution in [0.1, 0.15) is 40.5 Å². The van der Waals surface area contributed by atoms with Crippen LogP contribution < -0.4 is 5.32 Å². The fourth-order valence-corrected chi connectivity index (χ4v) is 1.45. The number of nitrogens with zero attached hydrogens (tertiary/aromatic N) is 1. The number of hydrogen-bond donors (Lipinski definition) is 2. The van der Waals surface area contributed by atoms with Gasteiger partial charge in [-0.3, -0.25) is 4.79 Å². The van der Waals surface area contributed by atoms with Gasteiger partial charge in [0, 0.05) is 19.1 Å². The van der Waals surface area contributed by atoms with Crippen molar-refractivity contribution < 1.29 is 14.7 Å². The zero-order valence-electron chi connectivity index (χ0n) is 11.4. The molecule has 0 rings (SSSR count). The lowest BCUT2D eigenvalue weighted by Gasteiger charge is -2.27. The van der Waals surface area contributed by atoms with E-state index in [-0.39, 0.29) is 18.1 Å². The van der Waals surface area contributed by atoms with Crippen molar-refractivity contribution in [3.63, 3.8) is 0 Å². The van der Waals surface area contributed by atoms with Crippen molar-refractivity contribution in [3.05, 3.63) is 0 Å². The molecular formula is C12H24N2O3. The maximum atomic E-state index is 11.8. The third kappa shape index (κ3) is 5.06. The molecule has 0 spiro atoms. The summed E-state index contributed by atoms with van der Waals surface area (Å²) in [6.07, 6.45) is 1.95.